The van der Waals surface area contributed by atoms with Gasteiger partial charge in [0, 0.05) is 42.8 Å². The molecule has 0 spiro atoms. The van der Waals surface area contributed by atoms with Crippen molar-refractivity contribution in [2.75, 3.05) is 27.4 Å². The predicted molar refractivity (Wildman–Crippen MR) is 101 cm³/mol. The molecule has 0 aromatic heterocycles. The molecule has 1 aliphatic rings. The lowest BCUT2D eigenvalue weighted by Crippen LogP contribution is -2.35. The van der Waals surface area contributed by atoms with Gasteiger partial charge in [-0.25, -0.2) is 4.79 Å². The molecule has 0 bridgehead atoms. The molecule has 0 fully saturated rings. The number of nitro benzene ring substituents is 1. The van der Waals surface area contributed by atoms with Crippen LogP contribution in [0.1, 0.15) is 25.3 Å². The van der Waals surface area contributed by atoms with E-state index in [1.165, 1.54) is 26.3 Å². The number of esters is 1. The van der Waals surface area contributed by atoms with Crippen molar-refractivity contribution in [3.8, 4) is 0 Å². The van der Waals surface area contributed by atoms with E-state index in [0.29, 0.717) is 11.4 Å². The van der Waals surface area contributed by atoms with E-state index in [9.17, 15) is 19.7 Å². The summed E-state index contributed by atoms with van der Waals surface area (Å²) in [5, 5.41) is 17.1. The van der Waals surface area contributed by atoms with Gasteiger partial charge >= 0.3 is 5.97 Å². The van der Waals surface area contributed by atoms with Crippen molar-refractivity contribution in [1.29, 1.82) is 0 Å². The van der Waals surface area contributed by atoms with Gasteiger partial charge in [0.05, 0.1) is 23.0 Å². The maximum Gasteiger partial charge on any atom is 0.336 e. The van der Waals surface area contributed by atoms with Crippen molar-refractivity contribution >= 4 is 17.6 Å². The highest BCUT2D eigenvalue weighted by atomic mass is 16.6. The fraction of sp³-hybridized carbons (Fsp3) is 0.368. The average molecular weight is 389 g/mol. The second-order valence-corrected chi connectivity index (χ2v) is 6.16. The number of nitrogens with one attached hydrogen (secondary N) is 2. The summed E-state index contributed by atoms with van der Waals surface area (Å²) in [6, 6.07) is 6.05. The Labute approximate surface area is 162 Å². The minimum Gasteiger partial charge on any atom is -0.460 e. The van der Waals surface area contributed by atoms with Crippen molar-refractivity contribution in [3.05, 3.63) is 62.5 Å². The van der Waals surface area contributed by atoms with E-state index in [1.54, 1.807) is 26.0 Å². The number of methoxy groups -OCH3 is 1. The molecule has 1 amide bonds. The summed E-state index contributed by atoms with van der Waals surface area (Å²) < 4.78 is 10.1. The van der Waals surface area contributed by atoms with Crippen molar-refractivity contribution in [2.24, 2.45) is 0 Å². The smallest absolute Gasteiger partial charge is 0.336 e. The summed E-state index contributed by atoms with van der Waals surface area (Å²) in [6.45, 7) is 3.58. The zero-order valence-corrected chi connectivity index (χ0v) is 16.2. The molecule has 1 unspecified atom stereocenters. The normalized spacial score (nSPS) is 16.5. The van der Waals surface area contributed by atoms with E-state index < -0.39 is 22.7 Å². The van der Waals surface area contributed by atoms with E-state index in [1.807, 2.05) is 0 Å². The Hall–Kier alpha value is -3.20. The Morgan fingerprint density at radius 1 is 1.18 bits per heavy atom. The van der Waals surface area contributed by atoms with Gasteiger partial charge in [-0.3, -0.25) is 14.9 Å². The molecule has 2 N–H and O–H groups in total. The number of amides is 1. The largest absolute Gasteiger partial charge is 0.460 e. The summed E-state index contributed by atoms with van der Waals surface area (Å²) in [6.07, 6.45) is 0. The average Bonchev–Trinajstić information content (AvgIpc) is 2.66. The Kier molecular flexibility index (Phi) is 6.89. The van der Waals surface area contributed by atoms with Crippen LogP contribution in [0, 0.1) is 10.1 Å². The topological polar surface area (TPSA) is 120 Å². The number of ether oxygens (including phenoxy) is 2. The highest BCUT2D eigenvalue weighted by molar-refractivity contribution is 6.02. The van der Waals surface area contributed by atoms with Gasteiger partial charge < -0.3 is 20.1 Å². The quantitative estimate of drug-likeness (QED) is 0.316. The van der Waals surface area contributed by atoms with Crippen molar-refractivity contribution in [2.45, 2.75) is 19.8 Å². The number of allylic oxidation sites excluding steroid dienone is 2. The molecule has 150 valence electrons. The Morgan fingerprint density at radius 2 is 1.82 bits per heavy atom. The first kappa shape index (κ1) is 21.1. The second kappa shape index (κ2) is 9.14. The third-order valence-electron chi connectivity index (χ3n) is 4.42. The summed E-state index contributed by atoms with van der Waals surface area (Å²) in [7, 11) is 2.94. The van der Waals surface area contributed by atoms with E-state index in [0.717, 1.165) is 0 Å². The SMILES string of the molecule is CNC(=O)C1=C(C)NC(C)=C(C(=O)OCCOC)C1c1ccccc1[N+](=O)[O-]. The molecular formula is C19H23N3O6. The molecule has 0 saturated carbocycles. The lowest BCUT2D eigenvalue weighted by Gasteiger charge is -2.30. The van der Waals surface area contributed by atoms with Crippen LogP contribution in [0.15, 0.2) is 46.8 Å². The first-order valence-corrected chi connectivity index (χ1v) is 8.63. The third kappa shape index (κ3) is 4.20. The number of nitrogens with zero attached hydrogens (tertiary/aromatic N) is 1. The molecule has 1 heterocycles. The molecule has 0 aliphatic carbocycles. The van der Waals surface area contributed by atoms with E-state index in [4.69, 9.17) is 9.47 Å². The van der Waals surface area contributed by atoms with Gasteiger partial charge in [-0.15, -0.1) is 0 Å². The molecular weight excluding hydrogens is 366 g/mol. The first-order valence-electron chi connectivity index (χ1n) is 8.63. The van der Waals surface area contributed by atoms with Crippen LogP contribution in [0.4, 0.5) is 5.69 Å². The maximum absolute atomic E-state index is 12.8. The van der Waals surface area contributed by atoms with Crippen LogP contribution < -0.4 is 10.6 Å². The van der Waals surface area contributed by atoms with Gasteiger partial charge in [-0.1, -0.05) is 18.2 Å². The van der Waals surface area contributed by atoms with Gasteiger partial charge in [0.1, 0.15) is 6.61 Å². The molecule has 28 heavy (non-hydrogen) atoms. The van der Waals surface area contributed by atoms with E-state index in [-0.39, 0.29) is 35.6 Å². The highest BCUT2D eigenvalue weighted by Gasteiger charge is 2.39. The van der Waals surface area contributed by atoms with Crippen molar-refractivity contribution < 1.29 is 24.0 Å². The summed E-state index contributed by atoms with van der Waals surface area (Å²) in [5.74, 6) is -2.06. The minimum atomic E-state index is -0.946. The predicted octanol–water partition coefficient (Wildman–Crippen LogP) is 1.77. The number of hydrogen-bond donors (Lipinski definition) is 2. The minimum absolute atomic E-state index is 0.0215. The molecule has 9 heteroatoms. The number of carbonyl (C=O) groups excluding carboxylic acids is 2. The lowest BCUT2D eigenvalue weighted by atomic mass is 9.79. The molecule has 9 nitrogen and oxygen atoms in total. The molecule has 0 radical (unpaired) electrons. The summed E-state index contributed by atoms with van der Waals surface area (Å²) in [4.78, 5) is 36.5. The highest BCUT2D eigenvalue weighted by Crippen LogP contribution is 2.42. The van der Waals surface area contributed by atoms with Crippen LogP contribution in [0.3, 0.4) is 0 Å². The number of hydrogen-bond acceptors (Lipinski definition) is 7. The van der Waals surface area contributed by atoms with Gasteiger partial charge in [0.2, 0.25) is 5.91 Å². The Bertz CT molecular complexity index is 859. The monoisotopic (exact) mass is 389 g/mol. The first-order chi connectivity index (χ1) is 13.3. The van der Waals surface area contributed by atoms with Gasteiger partial charge in [-0.2, -0.15) is 0 Å². The van der Waals surface area contributed by atoms with Gasteiger partial charge in [0.15, 0.2) is 0 Å². The van der Waals surface area contributed by atoms with Crippen molar-refractivity contribution in [1.82, 2.24) is 10.6 Å². The molecule has 1 aliphatic heterocycles. The molecule has 1 atom stereocenters. The van der Waals surface area contributed by atoms with Gasteiger partial charge in [-0.05, 0) is 13.8 Å². The molecule has 1 aromatic rings. The van der Waals surface area contributed by atoms with E-state index >= 15 is 0 Å². The molecule has 1 aromatic carbocycles. The van der Waals surface area contributed by atoms with Crippen LogP contribution in [-0.4, -0.2) is 44.2 Å². The van der Waals surface area contributed by atoms with Crippen molar-refractivity contribution in [3.63, 3.8) is 0 Å². The number of likely N-dealkylation sites (N-methyl/N-ethyl adjacent to an activating group) is 1. The third-order valence-corrected chi connectivity index (χ3v) is 4.42. The number of rotatable bonds is 7. The van der Waals surface area contributed by atoms with Gasteiger partial charge in [0.25, 0.3) is 5.69 Å². The zero-order valence-electron chi connectivity index (χ0n) is 16.2. The lowest BCUT2D eigenvalue weighted by molar-refractivity contribution is -0.385. The summed E-state index contributed by atoms with van der Waals surface area (Å²) in [5.41, 5.74) is 1.41. The van der Waals surface area contributed by atoms with Crippen LogP contribution in [-0.2, 0) is 19.1 Å². The Morgan fingerprint density at radius 3 is 2.43 bits per heavy atom. The zero-order chi connectivity index (χ0) is 20.8. The maximum atomic E-state index is 12.8. The second-order valence-electron chi connectivity index (χ2n) is 6.16. The summed E-state index contributed by atoms with van der Waals surface area (Å²) >= 11 is 0. The number of benzene rings is 1. The number of para-hydroxylation sites is 1. The molecule has 0 saturated heterocycles. The number of dihydropyridines is 1. The van der Waals surface area contributed by atoms with Crippen LogP contribution in [0.2, 0.25) is 0 Å². The fourth-order valence-corrected chi connectivity index (χ4v) is 3.20. The van der Waals surface area contributed by atoms with E-state index in [2.05, 4.69) is 10.6 Å². The Balaban J connectivity index is 2.66. The standard InChI is InChI=1S/C19H23N3O6/c1-11-15(18(23)20-3)17(13-7-5-6-8-14(13)22(25)26)16(12(2)21-11)19(24)28-10-9-27-4/h5-8,17,21H,9-10H2,1-4H3,(H,20,23). The van der Waals surface area contributed by atoms with Crippen LogP contribution >= 0.6 is 0 Å². The van der Waals surface area contributed by atoms with Crippen LogP contribution in [0.5, 0.6) is 0 Å². The number of nitro groups is 1. The number of carbonyl (C=O) groups is 2. The fourth-order valence-electron chi connectivity index (χ4n) is 3.20. The molecule has 2 rings (SSSR count). The van der Waals surface area contributed by atoms with Crippen LogP contribution in [0.25, 0.3) is 0 Å².